The van der Waals surface area contributed by atoms with Crippen molar-refractivity contribution in [3.8, 4) is 0 Å². The second kappa shape index (κ2) is 2.60. The summed E-state index contributed by atoms with van der Waals surface area (Å²) >= 11 is 0. The largest absolute Gasteiger partial charge is 0.453 e. The van der Waals surface area contributed by atoms with Gasteiger partial charge in [0.25, 0.3) is 0 Å². The average molecular weight is 196 g/mol. The maximum Gasteiger partial charge on any atom is 0.336 e. The van der Waals surface area contributed by atoms with E-state index in [2.05, 4.69) is 13.8 Å². The first-order chi connectivity index (χ1) is 6.37. The van der Waals surface area contributed by atoms with Crippen LogP contribution in [0.1, 0.15) is 27.2 Å². The van der Waals surface area contributed by atoms with E-state index in [0.29, 0.717) is 0 Å². The SMILES string of the molecule is CC1(C)CC=CC2(C)OC(=O)C(O)C12. The van der Waals surface area contributed by atoms with Crippen molar-refractivity contribution < 1.29 is 14.6 Å². The highest BCUT2D eigenvalue weighted by Crippen LogP contribution is 2.50. The minimum atomic E-state index is -0.972. The number of hydrogen-bond donors (Lipinski definition) is 1. The minimum absolute atomic E-state index is 0.0882. The van der Waals surface area contributed by atoms with Gasteiger partial charge in [-0.05, 0) is 24.8 Å². The highest BCUT2D eigenvalue weighted by atomic mass is 16.6. The number of aliphatic hydroxyl groups excluding tert-OH is 1. The smallest absolute Gasteiger partial charge is 0.336 e. The molecule has 2 rings (SSSR count). The molecule has 2 aliphatic rings. The Morgan fingerprint density at radius 1 is 1.50 bits per heavy atom. The van der Waals surface area contributed by atoms with Crippen molar-refractivity contribution in [2.75, 3.05) is 0 Å². The normalized spacial score (nSPS) is 44.7. The number of ether oxygens (including phenoxy) is 1. The molecule has 3 heteroatoms. The summed E-state index contributed by atoms with van der Waals surface area (Å²) in [5.41, 5.74) is -0.701. The zero-order valence-corrected chi connectivity index (χ0v) is 8.78. The molecular formula is C11H16O3. The third kappa shape index (κ3) is 1.12. The molecule has 1 fully saturated rings. The molecule has 1 aliphatic carbocycles. The van der Waals surface area contributed by atoms with Gasteiger partial charge in [-0.25, -0.2) is 4.79 Å². The molecular weight excluding hydrogens is 180 g/mol. The standard InChI is InChI=1S/C11H16O3/c1-10(2)5-4-6-11(3)8(10)7(12)9(13)14-11/h4,6-8,12H,5H2,1-3H3. The summed E-state index contributed by atoms with van der Waals surface area (Å²) in [5, 5.41) is 9.79. The Morgan fingerprint density at radius 2 is 2.14 bits per heavy atom. The van der Waals surface area contributed by atoms with Crippen LogP contribution in [-0.2, 0) is 9.53 Å². The van der Waals surface area contributed by atoms with Gasteiger partial charge in [-0.15, -0.1) is 0 Å². The summed E-state index contributed by atoms with van der Waals surface area (Å²) in [6.45, 7) is 5.98. The Balaban J connectivity index is 2.46. The predicted molar refractivity (Wildman–Crippen MR) is 51.5 cm³/mol. The van der Waals surface area contributed by atoms with Gasteiger partial charge in [0.05, 0.1) is 0 Å². The Hall–Kier alpha value is -0.830. The number of esters is 1. The molecule has 78 valence electrons. The molecule has 0 aromatic heterocycles. The van der Waals surface area contributed by atoms with Gasteiger partial charge in [0.1, 0.15) is 5.60 Å². The van der Waals surface area contributed by atoms with E-state index in [0.717, 1.165) is 6.42 Å². The van der Waals surface area contributed by atoms with Crippen LogP contribution >= 0.6 is 0 Å². The number of hydrogen-bond acceptors (Lipinski definition) is 3. The fraction of sp³-hybridized carbons (Fsp3) is 0.727. The van der Waals surface area contributed by atoms with Crippen LogP contribution in [0.4, 0.5) is 0 Å². The van der Waals surface area contributed by atoms with Gasteiger partial charge in [-0.3, -0.25) is 0 Å². The molecule has 0 aromatic carbocycles. The molecule has 14 heavy (non-hydrogen) atoms. The number of fused-ring (bicyclic) bond motifs is 1. The van der Waals surface area contributed by atoms with Crippen molar-refractivity contribution in [1.29, 1.82) is 0 Å². The lowest BCUT2D eigenvalue weighted by atomic mass is 9.64. The van der Waals surface area contributed by atoms with Gasteiger partial charge in [0.2, 0.25) is 0 Å². The van der Waals surface area contributed by atoms with Crippen LogP contribution in [-0.4, -0.2) is 22.8 Å². The van der Waals surface area contributed by atoms with Crippen LogP contribution in [0.5, 0.6) is 0 Å². The number of carbonyl (C=O) groups is 1. The molecule has 0 radical (unpaired) electrons. The lowest BCUT2D eigenvalue weighted by molar-refractivity contribution is -0.149. The van der Waals surface area contributed by atoms with Crippen molar-refractivity contribution in [3.05, 3.63) is 12.2 Å². The van der Waals surface area contributed by atoms with Gasteiger partial charge < -0.3 is 9.84 Å². The van der Waals surface area contributed by atoms with Crippen LogP contribution in [0.15, 0.2) is 12.2 Å². The van der Waals surface area contributed by atoms with E-state index in [1.54, 1.807) is 0 Å². The third-order valence-corrected chi connectivity index (χ3v) is 3.43. The molecule has 3 atom stereocenters. The van der Waals surface area contributed by atoms with Crippen LogP contribution in [0.3, 0.4) is 0 Å². The monoisotopic (exact) mass is 196 g/mol. The van der Waals surface area contributed by atoms with Gasteiger partial charge >= 0.3 is 5.97 Å². The van der Waals surface area contributed by atoms with E-state index in [9.17, 15) is 9.90 Å². The molecule has 3 nitrogen and oxygen atoms in total. The van der Waals surface area contributed by atoms with E-state index in [4.69, 9.17) is 4.74 Å². The zero-order chi connectivity index (χ0) is 10.6. The maximum absolute atomic E-state index is 11.3. The minimum Gasteiger partial charge on any atom is -0.453 e. The van der Waals surface area contributed by atoms with Crippen LogP contribution in [0.25, 0.3) is 0 Å². The second-order valence-electron chi connectivity index (χ2n) is 5.12. The van der Waals surface area contributed by atoms with Gasteiger partial charge in [-0.2, -0.15) is 0 Å². The molecule has 1 N–H and O–H groups in total. The molecule has 0 bridgehead atoms. The van der Waals surface area contributed by atoms with Crippen molar-refractivity contribution >= 4 is 5.97 Å². The first-order valence-corrected chi connectivity index (χ1v) is 4.95. The van der Waals surface area contributed by atoms with Crippen LogP contribution < -0.4 is 0 Å². The number of allylic oxidation sites excluding steroid dienone is 1. The lowest BCUT2D eigenvalue weighted by Crippen LogP contribution is -2.45. The quantitative estimate of drug-likeness (QED) is 0.468. The summed E-state index contributed by atoms with van der Waals surface area (Å²) in [6.07, 6.45) is 3.83. The average Bonchev–Trinajstić information content (AvgIpc) is 2.22. The van der Waals surface area contributed by atoms with E-state index in [-0.39, 0.29) is 11.3 Å². The number of rotatable bonds is 0. The summed E-state index contributed by atoms with van der Waals surface area (Å²) in [4.78, 5) is 11.3. The maximum atomic E-state index is 11.3. The number of aliphatic hydroxyl groups is 1. The molecule has 1 heterocycles. The topological polar surface area (TPSA) is 46.5 Å². The first kappa shape index (κ1) is 9.71. The summed E-state index contributed by atoms with van der Waals surface area (Å²) in [6, 6.07) is 0. The molecule has 0 amide bonds. The van der Waals surface area contributed by atoms with Crippen LogP contribution in [0.2, 0.25) is 0 Å². The predicted octanol–water partition coefficient (Wildman–Crippen LogP) is 1.27. The molecule has 3 unspecified atom stereocenters. The van der Waals surface area contributed by atoms with E-state index >= 15 is 0 Å². The second-order valence-corrected chi connectivity index (χ2v) is 5.12. The fourth-order valence-corrected chi connectivity index (χ4v) is 2.85. The third-order valence-electron chi connectivity index (χ3n) is 3.43. The zero-order valence-electron chi connectivity index (χ0n) is 8.78. The summed E-state index contributed by atoms with van der Waals surface area (Å²) in [7, 11) is 0. The Morgan fingerprint density at radius 3 is 2.71 bits per heavy atom. The van der Waals surface area contributed by atoms with Crippen molar-refractivity contribution in [1.82, 2.24) is 0 Å². The summed E-state index contributed by atoms with van der Waals surface area (Å²) in [5.74, 6) is -0.621. The van der Waals surface area contributed by atoms with Gasteiger partial charge in [0.15, 0.2) is 6.10 Å². The lowest BCUT2D eigenvalue weighted by Gasteiger charge is -2.41. The van der Waals surface area contributed by atoms with Crippen molar-refractivity contribution in [2.24, 2.45) is 11.3 Å². The Kier molecular flexibility index (Phi) is 1.80. The Bertz CT molecular complexity index is 306. The molecule has 0 saturated carbocycles. The summed E-state index contributed by atoms with van der Waals surface area (Å²) < 4.78 is 5.22. The van der Waals surface area contributed by atoms with E-state index in [1.165, 1.54) is 0 Å². The highest BCUT2D eigenvalue weighted by Gasteiger charge is 2.58. The first-order valence-electron chi connectivity index (χ1n) is 4.95. The fourth-order valence-electron chi connectivity index (χ4n) is 2.85. The van der Waals surface area contributed by atoms with Crippen LogP contribution in [0, 0.1) is 11.3 Å². The molecule has 1 aliphatic heterocycles. The van der Waals surface area contributed by atoms with Crippen molar-refractivity contribution in [2.45, 2.75) is 38.9 Å². The van der Waals surface area contributed by atoms with Gasteiger partial charge in [-0.1, -0.05) is 19.9 Å². The molecule has 0 spiro atoms. The Labute approximate surface area is 83.8 Å². The number of carbonyl (C=O) groups excluding carboxylic acids is 1. The van der Waals surface area contributed by atoms with Gasteiger partial charge in [0, 0.05) is 5.92 Å². The molecule has 1 saturated heterocycles. The van der Waals surface area contributed by atoms with E-state index < -0.39 is 17.7 Å². The van der Waals surface area contributed by atoms with Crippen molar-refractivity contribution in [3.63, 3.8) is 0 Å². The molecule has 0 aromatic rings. The highest BCUT2D eigenvalue weighted by molar-refractivity contribution is 5.78. The van der Waals surface area contributed by atoms with E-state index in [1.807, 2.05) is 19.1 Å².